The van der Waals surface area contributed by atoms with Crippen molar-refractivity contribution in [3.63, 3.8) is 0 Å². The number of nitrogens with one attached hydrogen (secondary N) is 1. The van der Waals surface area contributed by atoms with Crippen LogP contribution in [0.5, 0.6) is 0 Å². The highest BCUT2D eigenvalue weighted by Gasteiger charge is 2.31. The fraction of sp³-hybridized carbons (Fsp3) is 0.529. The van der Waals surface area contributed by atoms with Crippen LogP contribution in [0, 0.1) is 0 Å². The Balaban J connectivity index is 1.92. The molecule has 0 spiro atoms. The van der Waals surface area contributed by atoms with Crippen molar-refractivity contribution in [1.29, 1.82) is 0 Å². The fourth-order valence-electron chi connectivity index (χ4n) is 2.79. The number of carbonyl (C=O) groups excluding carboxylic acids is 2. The summed E-state index contributed by atoms with van der Waals surface area (Å²) in [7, 11) is 0. The predicted octanol–water partition coefficient (Wildman–Crippen LogP) is 2.46. The number of halogens is 3. The molecule has 0 aliphatic carbocycles. The zero-order valence-electron chi connectivity index (χ0n) is 13.9. The summed E-state index contributed by atoms with van der Waals surface area (Å²) in [4.78, 5) is 25.9. The highest BCUT2D eigenvalue weighted by Crippen LogP contribution is 2.29. The maximum Gasteiger partial charge on any atom is 0.416 e. The van der Waals surface area contributed by atoms with Gasteiger partial charge in [-0.25, -0.2) is 0 Å². The largest absolute Gasteiger partial charge is 0.416 e. The molecule has 0 unspecified atom stereocenters. The number of hydrogen-bond donors (Lipinski definition) is 1. The predicted molar refractivity (Wildman–Crippen MR) is 85.0 cm³/mol. The number of alkyl halides is 3. The van der Waals surface area contributed by atoms with E-state index in [1.807, 2.05) is 6.92 Å². The molecule has 1 fully saturated rings. The third-order valence-electron chi connectivity index (χ3n) is 4.06. The van der Waals surface area contributed by atoms with Crippen molar-refractivity contribution in [2.75, 3.05) is 26.3 Å². The molecule has 1 aliphatic heterocycles. The quantitative estimate of drug-likeness (QED) is 0.850. The first-order valence-corrected chi connectivity index (χ1v) is 8.15. The Bertz CT molecular complexity index is 619. The number of hydrogen-bond acceptors (Lipinski definition) is 3. The monoisotopic (exact) mass is 358 g/mol. The Morgan fingerprint density at radius 1 is 1.36 bits per heavy atom. The second-order valence-corrected chi connectivity index (χ2v) is 5.80. The molecule has 1 heterocycles. The molecule has 2 amide bonds. The number of likely N-dealkylation sites (tertiary alicyclic amines) is 1. The molecule has 1 atom stereocenters. The van der Waals surface area contributed by atoms with Gasteiger partial charge in [0.25, 0.3) is 5.91 Å². The van der Waals surface area contributed by atoms with Crippen molar-refractivity contribution in [3.8, 4) is 0 Å². The molecule has 0 aromatic heterocycles. The van der Waals surface area contributed by atoms with Gasteiger partial charge in [0.1, 0.15) is 0 Å². The highest BCUT2D eigenvalue weighted by atomic mass is 19.4. The van der Waals surface area contributed by atoms with Crippen molar-refractivity contribution < 1.29 is 27.5 Å². The Morgan fingerprint density at radius 2 is 2.12 bits per heavy atom. The molecule has 1 aromatic carbocycles. The molecule has 0 bridgehead atoms. The molecule has 25 heavy (non-hydrogen) atoms. The van der Waals surface area contributed by atoms with E-state index in [0.717, 1.165) is 31.0 Å². The van der Waals surface area contributed by atoms with Gasteiger partial charge < -0.3 is 15.0 Å². The van der Waals surface area contributed by atoms with Gasteiger partial charge in [0.15, 0.2) is 0 Å². The minimum absolute atomic E-state index is 0.0158. The number of carbonyl (C=O) groups is 2. The molecular formula is C17H21F3N2O3. The van der Waals surface area contributed by atoms with Crippen molar-refractivity contribution in [2.45, 2.75) is 32.0 Å². The zero-order chi connectivity index (χ0) is 18.4. The molecule has 5 nitrogen and oxygen atoms in total. The average Bonchev–Trinajstić information content (AvgIpc) is 3.05. The van der Waals surface area contributed by atoms with E-state index < -0.39 is 17.6 Å². The highest BCUT2D eigenvalue weighted by molar-refractivity contribution is 5.96. The molecule has 138 valence electrons. The van der Waals surface area contributed by atoms with E-state index in [1.165, 1.54) is 6.07 Å². The third-order valence-corrected chi connectivity index (χ3v) is 4.06. The normalized spacial score (nSPS) is 17.6. The number of benzene rings is 1. The average molecular weight is 358 g/mol. The van der Waals surface area contributed by atoms with E-state index in [1.54, 1.807) is 4.90 Å². The van der Waals surface area contributed by atoms with E-state index in [2.05, 4.69) is 5.32 Å². The lowest BCUT2D eigenvalue weighted by atomic mass is 10.1. The smallest absolute Gasteiger partial charge is 0.380 e. The fourth-order valence-corrected chi connectivity index (χ4v) is 2.79. The Labute approximate surface area is 144 Å². The van der Waals surface area contributed by atoms with Gasteiger partial charge >= 0.3 is 6.18 Å². The van der Waals surface area contributed by atoms with Gasteiger partial charge in [-0.15, -0.1) is 0 Å². The maximum absolute atomic E-state index is 12.7. The Morgan fingerprint density at radius 3 is 2.80 bits per heavy atom. The summed E-state index contributed by atoms with van der Waals surface area (Å²) in [5.74, 6) is -0.970. The molecule has 1 N–H and O–H groups in total. The molecule has 0 saturated carbocycles. The van der Waals surface area contributed by atoms with Gasteiger partial charge in [-0.2, -0.15) is 13.2 Å². The summed E-state index contributed by atoms with van der Waals surface area (Å²) >= 11 is 0. The minimum Gasteiger partial charge on any atom is -0.380 e. The van der Waals surface area contributed by atoms with Crippen LogP contribution in [-0.4, -0.2) is 49.1 Å². The Hall–Kier alpha value is -2.09. The van der Waals surface area contributed by atoms with Crippen LogP contribution in [0.1, 0.15) is 35.7 Å². The van der Waals surface area contributed by atoms with Crippen molar-refractivity contribution in [3.05, 3.63) is 35.4 Å². The second kappa shape index (κ2) is 8.33. The lowest BCUT2D eigenvalue weighted by Gasteiger charge is -2.24. The van der Waals surface area contributed by atoms with E-state index >= 15 is 0 Å². The molecular weight excluding hydrogens is 337 g/mol. The maximum atomic E-state index is 12.7. The minimum atomic E-state index is -4.52. The summed E-state index contributed by atoms with van der Waals surface area (Å²) < 4.78 is 43.4. The van der Waals surface area contributed by atoms with Gasteiger partial charge in [0.05, 0.1) is 24.8 Å². The van der Waals surface area contributed by atoms with Crippen LogP contribution in [0.3, 0.4) is 0 Å². The van der Waals surface area contributed by atoms with Gasteiger partial charge in [-0.1, -0.05) is 6.07 Å². The summed E-state index contributed by atoms with van der Waals surface area (Å²) in [6, 6.07) is 4.09. The molecule has 1 aliphatic rings. The molecule has 0 radical (unpaired) electrons. The standard InChI is InChI=1S/C17H21F3N2O3/c1-2-25-11-14-7-4-8-22(14)15(23)10-21-16(24)12-5-3-6-13(9-12)17(18,19)20/h3,5-6,9,14H,2,4,7-8,10-11H2,1H3,(H,21,24)/t14-/m0/s1. The van der Waals surface area contributed by atoms with Crippen molar-refractivity contribution in [2.24, 2.45) is 0 Å². The number of amides is 2. The first kappa shape index (κ1) is 19.2. The van der Waals surface area contributed by atoms with E-state index in [-0.39, 0.29) is 24.1 Å². The van der Waals surface area contributed by atoms with Crippen LogP contribution in [0.25, 0.3) is 0 Å². The van der Waals surface area contributed by atoms with Gasteiger partial charge in [0.2, 0.25) is 5.91 Å². The first-order chi connectivity index (χ1) is 11.8. The summed E-state index contributed by atoms with van der Waals surface area (Å²) in [6.07, 6.45) is -2.81. The molecule has 8 heteroatoms. The molecule has 1 aromatic rings. The Kier molecular flexibility index (Phi) is 6.41. The lowest BCUT2D eigenvalue weighted by Crippen LogP contribution is -2.44. The van der Waals surface area contributed by atoms with Crippen molar-refractivity contribution in [1.82, 2.24) is 10.2 Å². The van der Waals surface area contributed by atoms with E-state index in [0.29, 0.717) is 19.8 Å². The van der Waals surface area contributed by atoms with Crippen LogP contribution >= 0.6 is 0 Å². The second-order valence-electron chi connectivity index (χ2n) is 5.80. The number of nitrogens with zero attached hydrogens (tertiary/aromatic N) is 1. The van der Waals surface area contributed by atoms with Crippen LogP contribution in [-0.2, 0) is 15.7 Å². The number of ether oxygens (including phenoxy) is 1. The zero-order valence-corrected chi connectivity index (χ0v) is 13.9. The lowest BCUT2D eigenvalue weighted by molar-refractivity contribution is -0.137. The van der Waals surface area contributed by atoms with Crippen LogP contribution in [0.15, 0.2) is 24.3 Å². The molecule has 1 saturated heterocycles. The van der Waals surface area contributed by atoms with Crippen LogP contribution in [0.4, 0.5) is 13.2 Å². The van der Waals surface area contributed by atoms with Crippen molar-refractivity contribution >= 4 is 11.8 Å². The van der Waals surface area contributed by atoms with E-state index in [9.17, 15) is 22.8 Å². The first-order valence-electron chi connectivity index (χ1n) is 8.15. The van der Waals surface area contributed by atoms with E-state index in [4.69, 9.17) is 4.74 Å². The topological polar surface area (TPSA) is 58.6 Å². The summed E-state index contributed by atoms with van der Waals surface area (Å²) in [6.45, 7) is 3.22. The van der Waals surface area contributed by atoms with Gasteiger partial charge in [-0.3, -0.25) is 9.59 Å². The summed E-state index contributed by atoms with van der Waals surface area (Å²) in [5, 5.41) is 2.39. The SMILES string of the molecule is CCOC[C@@H]1CCCN1C(=O)CNC(=O)c1cccc(C(F)(F)F)c1. The molecule has 2 rings (SSSR count). The van der Waals surface area contributed by atoms with Crippen LogP contribution in [0.2, 0.25) is 0 Å². The summed E-state index contributed by atoms with van der Waals surface area (Å²) in [5.41, 5.74) is -1.03. The number of rotatable bonds is 6. The van der Waals surface area contributed by atoms with Gasteiger partial charge in [-0.05, 0) is 38.0 Å². The van der Waals surface area contributed by atoms with Gasteiger partial charge in [0, 0.05) is 18.7 Å². The third kappa shape index (κ3) is 5.19. The van der Waals surface area contributed by atoms with Crippen LogP contribution < -0.4 is 5.32 Å².